The average Bonchev–Trinajstić information content (AvgIpc) is 2.69. The van der Waals surface area contributed by atoms with Crippen LogP contribution in [-0.4, -0.2) is 28.0 Å². The predicted molar refractivity (Wildman–Crippen MR) is 118 cm³/mol. The van der Waals surface area contributed by atoms with Crippen molar-refractivity contribution >= 4 is 40.8 Å². The number of aromatic nitrogens is 1. The number of pyridine rings is 1. The Morgan fingerprint density at radius 3 is 2.53 bits per heavy atom. The fourth-order valence-electron chi connectivity index (χ4n) is 2.97. The SMILES string of the molecule is Cc1cc(-c2cc(NC(=O)[C@@H](N)Cc3ccc(Cl)cc3Cl)cc(C(=O)O)c2)ccn1. The van der Waals surface area contributed by atoms with Crippen LogP contribution < -0.4 is 11.1 Å². The molecule has 3 aromatic rings. The second kappa shape index (κ2) is 9.26. The van der Waals surface area contributed by atoms with Crippen LogP contribution in [0.1, 0.15) is 21.6 Å². The zero-order valence-electron chi connectivity index (χ0n) is 16.0. The van der Waals surface area contributed by atoms with E-state index >= 15 is 0 Å². The highest BCUT2D eigenvalue weighted by Crippen LogP contribution is 2.26. The molecule has 0 aliphatic carbocycles. The van der Waals surface area contributed by atoms with Crippen LogP contribution in [0.2, 0.25) is 10.0 Å². The highest BCUT2D eigenvalue weighted by molar-refractivity contribution is 6.35. The maximum absolute atomic E-state index is 12.6. The zero-order valence-corrected chi connectivity index (χ0v) is 17.5. The van der Waals surface area contributed by atoms with Gasteiger partial charge in [-0.1, -0.05) is 29.3 Å². The number of nitrogens with two attached hydrogens (primary N) is 1. The van der Waals surface area contributed by atoms with E-state index in [1.165, 1.54) is 6.07 Å². The summed E-state index contributed by atoms with van der Waals surface area (Å²) in [5.74, 6) is -1.56. The minimum atomic E-state index is -1.10. The molecule has 1 heterocycles. The molecule has 1 amide bonds. The molecule has 0 spiro atoms. The Morgan fingerprint density at radius 2 is 1.87 bits per heavy atom. The van der Waals surface area contributed by atoms with E-state index in [1.807, 2.05) is 13.0 Å². The lowest BCUT2D eigenvalue weighted by Gasteiger charge is -2.15. The van der Waals surface area contributed by atoms with Crippen molar-refractivity contribution in [3.05, 3.63) is 81.6 Å². The van der Waals surface area contributed by atoms with Gasteiger partial charge in [-0.05, 0) is 72.5 Å². The number of hydrogen-bond acceptors (Lipinski definition) is 4. The van der Waals surface area contributed by atoms with Gasteiger partial charge in [-0.15, -0.1) is 0 Å². The summed E-state index contributed by atoms with van der Waals surface area (Å²) in [5.41, 5.74) is 9.34. The highest BCUT2D eigenvalue weighted by atomic mass is 35.5. The third kappa shape index (κ3) is 5.36. The van der Waals surface area contributed by atoms with Crippen molar-refractivity contribution in [2.75, 3.05) is 5.32 Å². The summed E-state index contributed by atoms with van der Waals surface area (Å²) in [6.07, 6.45) is 1.85. The van der Waals surface area contributed by atoms with Crippen molar-refractivity contribution in [2.24, 2.45) is 5.73 Å². The molecule has 0 saturated carbocycles. The van der Waals surface area contributed by atoms with E-state index < -0.39 is 17.9 Å². The molecule has 0 radical (unpaired) electrons. The second-order valence-electron chi connectivity index (χ2n) is 6.83. The molecular weight excluding hydrogens is 425 g/mol. The van der Waals surface area contributed by atoms with Crippen molar-refractivity contribution < 1.29 is 14.7 Å². The number of rotatable bonds is 6. The van der Waals surface area contributed by atoms with E-state index in [1.54, 1.807) is 42.6 Å². The number of nitrogens with zero attached hydrogens (tertiary/aromatic N) is 1. The Hall–Kier alpha value is -2.93. The number of carbonyl (C=O) groups is 2. The molecule has 1 aromatic heterocycles. The van der Waals surface area contributed by atoms with Crippen LogP contribution >= 0.6 is 23.2 Å². The first-order chi connectivity index (χ1) is 14.2. The first kappa shape index (κ1) is 21.8. The van der Waals surface area contributed by atoms with Crippen molar-refractivity contribution in [3.8, 4) is 11.1 Å². The van der Waals surface area contributed by atoms with Crippen molar-refractivity contribution in [3.63, 3.8) is 0 Å². The van der Waals surface area contributed by atoms with Crippen LogP contribution in [0.5, 0.6) is 0 Å². The molecule has 0 saturated heterocycles. The lowest BCUT2D eigenvalue weighted by molar-refractivity contribution is -0.117. The van der Waals surface area contributed by atoms with E-state index in [-0.39, 0.29) is 12.0 Å². The minimum Gasteiger partial charge on any atom is -0.478 e. The monoisotopic (exact) mass is 443 g/mol. The van der Waals surface area contributed by atoms with Crippen LogP contribution in [0.25, 0.3) is 11.1 Å². The molecular formula is C22H19Cl2N3O3. The number of amides is 1. The van der Waals surface area contributed by atoms with Gasteiger partial charge in [0.15, 0.2) is 0 Å². The number of carboxylic acid groups (broad SMARTS) is 1. The number of carboxylic acids is 1. The number of anilines is 1. The van der Waals surface area contributed by atoms with E-state index in [4.69, 9.17) is 28.9 Å². The Labute approximate surface area is 183 Å². The fourth-order valence-corrected chi connectivity index (χ4v) is 3.45. The number of benzene rings is 2. The van der Waals surface area contributed by atoms with Crippen molar-refractivity contribution in [1.82, 2.24) is 4.98 Å². The van der Waals surface area contributed by atoms with Gasteiger partial charge in [-0.2, -0.15) is 0 Å². The molecule has 8 heteroatoms. The summed E-state index contributed by atoms with van der Waals surface area (Å²) in [6.45, 7) is 1.84. The third-order valence-corrected chi connectivity index (χ3v) is 5.06. The normalized spacial score (nSPS) is 11.7. The van der Waals surface area contributed by atoms with Gasteiger partial charge in [0, 0.05) is 27.6 Å². The van der Waals surface area contributed by atoms with E-state index in [9.17, 15) is 14.7 Å². The summed E-state index contributed by atoms with van der Waals surface area (Å²) < 4.78 is 0. The standard InChI is InChI=1S/C22H19Cl2N3O3/c1-12-6-13(4-5-26-12)15-7-16(22(29)30)9-18(8-15)27-21(28)20(25)10-14-2-3-17(23)11-19(14)24/h2-9,11,20H,10,25H2,1H3,(H,27,28)(H,29,30)/t20-/m0/s1. The summed E-state index contributed by atoms with van der Waals surface area (Å²) in [5, 5.41) is 13.1. The first-order valence-electron chi connectivity index (χ1n) is 9.04. The number of carbonyl (C=O) groups excluding carboxylic acids is 1. The van der Waals surface area contributed by atoms with Gasteiger partial charge in [0.1, 0.15) is 0 Å². The van der Waals surface area contributed by atoms with Gasteiger partial charge in [0.05, 0.1) is 11.6 Å². The maximum atomic E-state index is 12.6. The highest BCUT2D eigenvalue weighted by Gasteiger charge is 2.18. The number of aromatic carboxylic acids is 1. The molecule has 0 fully saturated rings. The first-order valence-corrected chi connectivity index (χ1v) is 9.80. The van der Waals surface area contributed by atoms with E-state index in [0.29, 0.717) is 26.9 Å². The van der Waals surface area contributed by atoms with Crippen LogP contribution in [0.3, 0.4) is 0 Å². The van der Waals surface area contributed by atoms with Gasteiger partial charge < -0.3 is 16.2 Å². The molecule has 0 aliphatic rings. The molecule has 2 aromatic carbocycles. The van der Waals surface area contributed by atoms with Gasteiger partial charge >= 0.3 is 5.97 Å². The smallest absolute Gasteiger partial charge is 0.335 e. The number of nitrogens with one attached hydrogen (secondary N) is 1. The maximum Gasteiger partial charge on any atom is 0.335 e. The molecule has 4 N–H and O–H groups in total. The van der Waals surface area contributed by atoms with Gasteiger partial charge in [0.2, 0.25) is 5.91 Å². The van der Waals surface area contributed by atoms with E-state index in [2.05, 4.69) is 10.3 Å². The van der Waals surface area contributed by atoms with Gasteiger partial charge in [0.25, 0.3) is 0 Å². The van der Waals surface area contributed by atoms with Crippen LogP contribution in [0.15, 0.2) is 54.7 Å². The lowest BCUT2D eigenvalue weighted by Crippen LogP contribution is -2.37. The molecule has 154 valence electrons. The van der Waals surface area contributed by atoms with Crippen LogP contribution in [0.4, 0.5) is 5.69 Å². The number of halogens is 2. The topological polar surface area (TPSA) is 105 Å². The van der Waals surface area contributed by atoms with Crippen LogP contribution in [-0.2, 0) is 11.2 Å². The third-order valence-electron chi connectivity index (χ3n) is 4.47. The fraction of sp³-hybridized carbons (Fsp3) is 0.136. The molecule has 0 aliphatic heterocycles. The predicted octanol–water partition coefficient (Wildman–Crippen LogP) is 4.57. The molecule has 1 atom stereocenters. The van der Waals surface area contributed by atoms with Gasteiger partial charge in [-0.25, -0.2) is 4.79 Å². The summed E-state index contributed by atoms with van der Waals surface area (Å²) in [7, 11) is 0. The molecule has 3 rings (SSSR count). The number of hydrogen-bond donors (Lipinski definition) is 3. The molecule has 6 nitrogen and oxygen atoms in total. The summed E-state index contributed by atoms with van der Waals surface area (Å²) in [6, 6.07) is 12.3. The Bertz CT molecular complexity index is 1120. The Kier molecular flexibility index (Phi) is 6.72. The quantitative estimate of drug-likeness (QED) is 0.517. The average molecular weight is 444 g/mol. The van der Waals surface area contributed by atoms with Gasteiger partial charge in [-0.3, -0.25) is 9.78 Å². The lowest BCUT2D eigenvalue weighted by atomic mass is 10.0. The second-order valence-corrected chi connectivity index (χ2v) is 7.67. The van der Waals surface area contributed by atoms with Crippen LogP contribution in [0, 0.1) is 6.92 Å². The van der Waals surface area contributed by atoms with Crippen molar-refractivity contribution in [2.45, 2.75) is 19.4 Å². The Morgan fingerprint density at radius 1 is 1.10 bits per heavy atom. The zero-order chi connectivity index (χ0) is 21.8. The Balaban J connectivity index is 1.84. The number of aryl methyl sites for hydroxylation is 1. The van der Waals surface area contributed by atoms with Crippen molar-refractivity contribution in [1.29, 1.82) is 0 Å². The molecule has 0 unspecified atom stereocenters. The molecule has 30 heavy (non-hydrogen) atoms. The molecule has 0 bridgehead atoms. The minimum absolute atomic E-state index is 0.0478. The van der Waals surface area contributed by atoms with E-state index in [0.717, 1.165) is 11.3 Å². The largest absolute Gasteiger partial charge is 0.478 e. The summed E-state index contributed by atoms with van der Waals surface area (Å²) >= 11 is 12.0. The summed E-state index contributed by atoms with van der Waals surface area (Å²) in [4.78, 5) is 28.3.